The number of alkyl halides is 1. The van der Waals surface area contributed by atoms with Crippen molar-refractivity contribution in [3.05, 3.63) is 16.1 Å². The van der Waals surface area contributed by atoms with Crippen LogP contribution >= 0.6 is 22.9 Å². The third-order valence-corrected chi connectivity index (χ3v) is 3.65. The van der Waals surface area contributed by atoms with Gasteiger partial charge in [0.05, 0.1) is 24.6 Å². The van der Waals surface area contributed by atoms with E-state index in [0.717, 1.165) is 10.7 Å². The zero-order chi connectivity index (χ0) is 13.4. The predicted molar refractivity (Wildman–Crippen MR) is 74.1 cm³/mol. The van der Waals surface area contributed by atoms with Crippen molar-refractivity contribution in [2.75, 3.05) is 26.3 Å². The van der Waals surface area contributed by atoms with Gasteiger partial charge in [0.1, 0.15) is 5.01 Å². The van der Waals surface area contributed by atoms with Crippen molar-refractivity contribution < 1.29 is 9.53 Å². The van der Waals surface area contributed by atoms with Crippen LogP contribution in [-0.2, 0) is 21.8 Å². The molecule has 0 fully saturated rings. The fourth-order valence-electron chi connectivity index (χ4n) is 1.51. The van der Waals surface area contributed by atoms with E-state index in [0.29, 0.717) is 38.6 Å². The van der Waals surface area contributed by atoms with Gasteiger partial charge in [-0.1, -0.05) is 0 Å². The number of ether oxygens (including phenoxy) is 1. The highest BCUT2D eigenvalue weighted by molar-refractivity contribution is 7.09. The molecule has 18 heavy (non-hydrogen) atoms. The normalized spacial score (nSPS) is 10.6. The molecule has 0 spiro atoms. The molecule has 0 aliphatic carbocycles. The molecule has 4 nitrogen and oxygen atoms in total. The standard InChI is InChI=1S/C12H19ClN2O2S/c1-3-15(5-6-17-4-2)12(16)7-11-14-10(8-13)9-18-11/h9H,3-8H2,1-2H3. The smallest absolute Gasteiger partial charge is 0.229 e. The molecule has 0 aromatic carbocycles. The summed E-state index contributed by atoms with van der Waals surface area (Å²) in [5.74, 6) is 0.486. The first kappa shape index (κ1) is 15.4. The number of likely N-dealkylation sites (N-methyl/N-ethyl adjacent to an activating group) is 1. The molecule has 0 radical (unpaired) electrons. The van der Waals surface area contributed by atoms with Gasteiger partial charge < -0.3 is 9.64 Å². The maximum atomic E-state index is 12.0. The van der Waals surface area contributed by atoms with Gasteiger partial charge >= 0.3 is 0 Å². The predicted octanol–water partition coefficient (Wildman–Crippen LogP) is 2.31. The Kier molecular flexibility index (Phi) is 7.23. The molecule has 0 aliphatic rings. The lowest BCUT2D eigenvalue weighted by atomic mass is 10.3. The maximum Gasteiger partial charge on any atom is 0.229 e. The lowest BCUT2D eigenvalue weighted by Crippen LogP contribution is -2.35. The Labute approximate surface area is 117 Å². The summed E-state index contributed by atoms with van der Waals surface area (Å²) in [6, 6.07) is 0. The van der Waals surface area contributed by atoms with Crippen LogP contribution in [0.1, 0.15) is 24.5 Å². The van der Waals surface area contributed by atoms with Crippen LogP contribution in [0.5, 0.6) is 0 Å². The molecule has 1 aromatic heterocycles. The number of nitrogens with zero attached hydrogens (tertiary/aromatic N) is 2. The molecule has 1 aromatic rings. The number of amides is 1. The van der Waals surface area contributed by atoms with Gasteiger partial charge in [0.15, 0.2) is 0 Å². The second-order valence-corrected chi connectivity index (χ2v) is 4.92. The van der Waals surface area contributed by atoms with Crippen LogP contribution in [0.2, 0.25) is 0 Å². The molecule has 0 N–H and O–H groups in total. The molecule has 0 unspecified atom stereocenters. The quantitative estimate of drug-likeness (QED) is 0.545. The summed E-state index contributed by atoms with van der Waals surface area (Å²) in [6.45, 7) is 6.51. The Morgan fingerprint density at radius 2 is 2.33 bits per heavy atom. The molecular weight excluding hydrogens is 272 g/mol. The highest BCUT2D eigenvalue weighted by Gasteiger charge is 2.14. The van der Waals surface area contributed by atoms with E-state index in [1.165, 1.54) is 11.3 Å². The molecule has 6 heteroatoms. The number of hydrogen-bond acceptors (Lipinski definition) is 4. The van der Waals surface area contributed by atoms with Crippen LogP contribution in [0.4, 0.5) is 0 Å². The number of halogens is 1. The van der Waals surface area contributed by atoms with Crippen LogP contribution in [0.15, 0.2) is 5.38 Å². The van der Waals surface area contributed by atoms with Crippen molar-refractivity contribution in [1.29, 1.82) is 0 Å². The first-order valence-corrected chi connectivity index (χ1v) is 7.47. The molecule has 1 rings (SSSR count). The van der Waals surface area contributed by atoms with Gasteiger partial charge in [-0.2, -0.15) is 0 Å². The van der Waals surface area contributed by atoms with Crippen LogP contribution < -0.4 is 0 Å². The summed E-state index contributed by atoms with van der Waals surface area (Å²) in [6.07, 6.45) is 0.349. The largest absolute Gasteiger partial charge is 0.380 e. The van der Waals surface area contributed by atoms with Crippen molar-refractivity contribution >= 4 is 28.8 Å². The first-order valence-electron chi connectivity index (χ1n) is 6.06. The number of thiazole rings is 1. The van der Waals surface area contributed by atoms with Gasteiger partial charge in [0.2, 0.25) is 5.91 Å². The van der Waals surface area contributed by atoms with Gasteiger partial charge in [0, 0.05) is 25.1 Å². The SMILES string of the molecule is CCOCCN(CC)C(=O)Cc1nc(CCl)cs1. The van der Waals surface area contributed by atoms with E-state index in [1.54, 1.807) is 4.90 Å². The highest BCUT2D eigenvalue weighted by Crippen LogP contribution is 2.13. The van der Waals surface area contributed by atoms with Gasteiger partial charge in [-0.25, -0.2) is 4.98 Å². The second-order valence-electron chi connectivity index (χ2n) is 3.71. The average Bonchev–Trinajstić information content (AvgIpc) is 2.82. The zero-order valence-electron chi connectivity index (χ0n) is 10.8. The summed E-state index contributed by atoms with van der Waals surface area (Å²) >= 11 is 7.17. The number of rotatable bonds is 8. The molecule has 0 saturated heterocycles. The zero-order valence-corrected chi connectivity index (χ0v) is 12.4. The summed E-state index contributed by atoms with van der Waals surface area (Å²) in [5, 5.41) is 2.72. The topological polar surface area (TPSA) is 42.4 Å². The number of carbonyl (C=O) groups is 1. The molecule has 0 saturated carbocycles. The first-order chi connectivity index (χ1) is 8.71. The summed E-state index contributed by atoms with van der Waals surface area (Å²) in [5.41, 5.74) is 0.835. The Bertz CT molecular complexity index is 371. The van der Waals surface area contributed by atoms with E-state index < -0.39 is 0 Å². The Balaban J connectivity index is 2.45. The van der Waals surface area contributed by atoms with Gasteiger partial charge in [-0.3, -0.25) is 4.79 Å². The lowest BCUT2D eigenvalue weighted by molar-refractivity contribution is -0.131. The highest BCUT2D eigenvalue weighted by atomic mass is 35.5. The molecule has 1 heterocycles. The van der Waals surface area contributed by atoms with E-state index in [2.05, 4.69) is 4.98 Å². The fraction of sp³-hybridized carbons (Fsp3) is 0.667. The number of carbonyl (C=O) groups excluding carboxylic acids is 1. The minimum Gasteiger partial charge on any atom is -0.380 e. The minimum atomic E-state index is 0.0904. The van der Waals surface area contributed by atoms with Crippen LogP contribution in [-0.4, -0.2) is 42.1 Å². The van der Waals surface area contributed by atoms with Crippen molar-refractivity contribution in [2.45, 2.75) is 26.1 Å². The minimum absolute atomic E-state index is 0.0904. The third kappa shape index (κ3) is 4.92. The summed E-state index contributed by atoms with van der Waals surface area (Å²) in [4.78, 5) is 18.1. The third-order valence-electron chi connectivity index (χ3n) is 2.48. The molecule has 0 bridgehead atoms. The van der Waals surface area contributed by atoms with E-state index in [1.807, 2.05) is 19.2 Å². The number of hydrogen-bond donors (Lipinski definition) is 0. The molecule has 0 aliphatic heterocycles. The van der Waals surface area contributed by atoms with E-state index in [-0.39, 0.29) is 5.91 Å². The van der Waals surface area contributed by atoms with Gasteiger partial charge in [-0.05, 0) is 13.8 Å². The lowest BCUT2D eigenvalue weighted by Gasteiger charge is -2.20. The monoisotopic (exact) mass is 290 g/mol. The Hall–Kier alpha value is -0.650. The molecular formula is C12H19ClN2O2S. The second kappa shape index (κ2) is 8.45. The Morgan fingerprint density at radius 3 is 2.89 bits per heavy atom. The van der Waals surface area contributed by atoms with Crippen molar-refractivity contribution in [3.8, 4) is 0 Å². The molecule has 0 atom stereocenters. The van der Waals surface area contributed by atoms with Crippen LogP contribution in [0, 0.1) is 0 Å². The van der Waals surface area contributed by atoms with E-state index in [4.69, 9.17) is 16.3 Å². The fourth-order valence-corrected chi connectivity index (χ4v) is 2.52. The van der Waals surface area contributed by atoms with E-state index >= 15 is 0 Å². The number of aromatic nitrogens is 1. The summed E-state index contributed by atoms with van der Waals surface area (Å²) < 4.78 is 5.26. The van der Waals surface area contributed by atoms with Gasteiger partial charge in [0.25, 0.3) is 0 Å². The molecule has 1 amide bonds. The van der Waals surface area contributed by atoms with Crippen molar-refractivity contribution in [2.24, 2.45) is 0 Å². The Morgan fingerprint density at radius 1 is 1.56 bits per heavy atom. The van der Waals surface area contributed by atoms with Crippen LogP contribution in [0.25, 0.3) is 0 Å². The average molecular weight is 291 g/mol. The summed E-state index contributed by atoms with van der Waals surface area (Å²) in [7, 11) is 0. The van der Waals surface area contributed by atoms with Crippen LogP contribution in [0.3, 0.4) is 0 Å². The van der Waals surface area contributed by atoms with Gasteiger partial charge in [-0.15, -0.1) is 22.9 Å². The molecule has 102 valence electrons. The van der Waals surface area contributed by atoms with Crippen molar-refractivity contribution in [3.63, 3.8) is 0 Å². The van der Waals surface area contributed by atoms with Crippen molar-refractivity contribution in [1.82, 2.24) is 9.88 Å². The van der Waals surface area contributed by atoms with E-state index in [9.17, 15) is 4.79 Å². The maximum absolute atomic E-state index is 12.0.